The normalized spacial score (nSPS) is 22.3. The first-order valence-electron chi connectivity index (χ1n) is 8.69. The van der Waals surface area contributed by atoms with Crippen molar-refractivity contribution in [3.8, 4) is 0 Å². The Morgan fingerprint density at radius 3 is 2.29 bits per heavy atom. The fourth-order valence-corrected chi connectivity index (χ4v) is 3.19. The van der Waals surface area contributed by atoms with Gasteiger partial charge < -0.3 is 15.0 Å². The van der Waals surface area contributed by atoms with E-state index in [-0.39, 0.29) is 0 Å². The van der Waals surface area contributed by atoms with E-state index in [1.807, 2.05) is 33.8 Å². The second-order valence-corrected chi connectivity index (χ2v) is 7.77. The van der Waals surface area contributed by atoms with Crippen LogP contribution in [0.15, 0.2) is 24.3 Å². The summed E-state index contributed by atoms with van der Waals surface area (Å²) in [5, 5.41) is 0. The molecule has 128 valence electrons. The maximum atomic E-state index is 11.8. The summed E-state index contributed by atoms with van der Waals surface area (Å²) in [7, 11) is -0.489. The second kappa shape index (κ2) is 6.05. The van der Waals surface area contributed by atoms with Gasteiger partial charge in [0.05, 0.1) is 11.2 Å². The zero-order chi connectivity index (χ0) is 17.5. The van der Waals surface area contributed by atoms with Crippen molar-refractivity contribution < 1.29 is 14.1 Å². The van der Waals surface area contributed by atoms with Gasteiger partial charge in [-0.1, -0.05) is 12.1 Å². The lowest BCUT2D eigenvalue weighted by molar-refractivity contribution is 0.00578. The molecule has 2 aliphatic rings. The van der Waals surface area contributed by atoms with Crippen LogP contribution >= 0.6 is 0 Å². The Balaban J connectivity index is 2.00. The van der Waals surface area contributed by atoms with Crippen LogP contribution in [0, 0.1) is 0 Å². The standard InChI is InChI=1S/C19H26BNO3/c1-18(2)19(3,4)24-20(23-18)16-11-14(10-15(12-16)17(21)22)13-8-6-5-7-9-13/h8,10-12H,5-7,9H2,1-4H3,(H2,21,22). The van der Waals surface area contributed by atoms with E-state index in [1.165, 1.54) is 18.4 Å². The van der Waals surface area contributed by atoms with Crippen LogP contribution in [-0.2, 0) is 9.31 Å². The Kier molecular flexibility index (Phi) is 4.35. The number of hydrogen-bond acceptors (Lipinski definition) is 3. The zero-order valence-corrected chi connectivity index (χ0v) is 15.0. The van der Waals surface area contributed by atoms with Crippen LogP contribution in [0.4, 0.5) is 0 Å². The molecule has 0 atom stereocenters. The fraction of sp³-hybridized carbons (Fsp3) is 0.526. The molecule has 1 aliphatic carbocycles. The highest BCUT2D eigenvalue weighted by molar-refractivity contribution is 6.62. The van der Waals surface area contributed by atoms with E-state index in [2.05, 4.69) is 12.1 Å². The summed E-state index contributed by atoms with van der Waals surface area (Å²) in [5.41, 5.74) is 8.41. The van der Waals surface area contributed by atoms with Crippen LogP contribution in [0.2, 0.25) is 0 Å². The lowest BCUT2D eigenvalue weighted by Crippen LogP contribution is -2.41. The number of benzene rings is 1. The number of amides is 1. The predicted octanol–water partition coefficient (Wildman–Crippen LogP) is 3.04. The quantitative estimate of drug-likeness (QED) is 0.868. The summed E-state index contributed by atoms with van der Waals surface area (Å²) in [5.74, 6) is -0.425. The van der Waals surface area contributed by atoms with Crippen LogP contribution in [0.25, 0.3) is 5.57 Å². The van der Waals surface area contributed by atoms with Gasteiger partial charge >= 0.3 is 7.12 Å². The lowest BCUT2D eigenvalue weighted by Gasteiger charge is -2.32. The molecule has 1 aromatic carbocycles. The molecule has 1 amide bonds. The summed E-state index contributed by atoms with van der Waals surface area (Å²) >= 11 is 0. The van der Waals surface area contributed by atoms with Crippen LogP contribution in [0.3, 0.4) is 0 Å². The summed E-state index contributed by atoms with van der Waals surface area (Å²) in [4.78, 5) is 11.8. The van der Waals surface area contributed by atoms with Crippen molar-refractivity contribution in [2.75, 3.05) is 0 Å². The Labute approximate surface area is 144 Å². The first kappa shape index (κ1) is 17.2. The largest absolute Gasteiger partial charge is 0.494 e. The highest BCUT2D eigenvalue weighted by atomic mass is 16.7. The summed E-state index contributed by atoms with van der Waals surface area (Å²) in [6.45, 7) is 8.09. The van der Waals surface area contributed by atoms with Gasteiger partial charge in [-0.15, -0.1) is 0 Å². The van der Waals surface area contributed by atoms with Gasteiger partial charge in [0.25, 0.3) is 0 Å². The van der Waals surface area contributed by atoms with Crippen molar-refractivity contribution in [3.05, 3.63) is 35.4 Å². The first-order valence-corrected chi connectivity index (χ1v) is 8.69. The van der Waals surface area contributed by atoms with Crippen molar-refractivity contribution in [2.45, 2.75) is 64.6 Å². The third-order valence-corrected chi connectivity index (χ3v) is 5.43. The van der Waals surface area contributed by atoms with Crippen molar-refractivity contribution in [1.82, 2.24) is 0 Å². The predicted molar refractivity (Wildman–Crippen MR) is 97.1 cm³/mol. The molecule has 1 aromatic rings. The highest BCUT2D eigenvalue weighted by Crippen LogP contribution is 2.37. The molecular weight excluding hydrogens is 301 g/mol. The van der Waals surface area contributed by atoms with Gasteiger partial charge in [-0.2, -0.15) is 0 Å². The molecule has 1 heterocycles. The van der Waals surface area contributed by atoms with Crippen molar-refractivity contribution in [1.29, 1.82) is 0 Å². The first-order chi connectivity index (χ1) is 11.2. The van der Waals surface area contributed by atoms with Gasteiger partial charge in [0.1, 0.15) is 0 Å². The van der Waals surface area contributed by atoms with Gasteiger partial charge in [-0.05, 0) is 82.1 Å². The monoisotopic (exact) mass is 327 g/mol. The Morgan fingerprint density at radius 1 is 1.08 bits per heavy atom. The molecule has 0 saturated carbocycles. The average molecular weight is 327 g/mol. The van der Waals surface area contributed by atoms with E-state index in [1.54, 1.807) is 6.07 Å². The maximum absolute atomic E-state index is 11.8. The van der Waals surface area contributed by atoms with E-state index in [9.17, 15) is 4.79 Å². The van der Waals surface area contributed by atoms with E-state index in [0.717, 1.165) is 23.9 Å². The molecule has 24 heavy (non-hydrogen) atoms. The summed E-state index contributed by atoms with van der Waals surface area (Å²) in [6.07, 6.45) is 6.78. The van der Waals surface area contributed by atoms with Gasteiger partial charge in [-0.3, -0.25) is 4.79 Å². The van der Waals surface area contributed by atoms with Crippen LogP contribution in [0.5, 0.6) is 0 Å². The van der Waals surface area contributed by atoms with Gasteiger partial charge in [0, 0.05) is 5.56 Å². The molecule has 0 bridgehead atoms. The van der Waals surface area contributed by atoms with E-state index < -0.39 is 24.2 Å². The smallest absolute Gasteiger partial charge is 0.399 e. The van der Waals surface area contributed by atoms with Crippen LogP contribution in [0.1, 0.15) is 69.3 Å². The SMILES string of the molecule is CC1(C)OB(c2cc(C(N)=O)cc(C3=CCCCC3)c2)OC1(C)C. The number of primary amides is 1. The number of nitrogens with two attached hydrogens (primary N) is 1. The summed E-state index contributed by atoms with van der Waals surface area (Å²) in [6, 6.07) is 5.75. The van der Waals surface area contributed by atoms with E-state index in [0.29, 0.717) is 5.56 Å². The Bertz CT molecular complexity index is 678. The zero-order valence-electron chi connectivity index (χ0n) is 15.0. The molecule has 3 rings (SSSR count). The molecule has 1 fully saturated rings. The number of hydrogen-bond donors (Lipinski definition) is 1. The van der Waals surface area contributed by atoms with Crippen LogP contribution < -0.4 is 11.2 Å². The molecule has 1 aliphatic heterocycles. The maximum Gasteiger partial charge on any atom is 0.494 e. The molecule has 0 aromatic heterocycles. The minimum atomic E-state index is -0.489. The van der Waals surface area contributed by atoms with Crippen molar-refractivity contribution >= 4 is 24.1 Å². The summed E-state index contributed by atoms with van der Waals surface area (Å²) < 4.78 is 12.3. The van der Waals surface area contributed by atoms with Crippen molar-refractivity contribution in [2.24, 2.45) is 5.73 Å². The Morgan fingerprint density at radius 2 is 1.75 bits per heavy atom. The third kappa shape index (κ3) is 3.15. The molecule has 4 nitrogen and oxygen atoms in total. The highest BCUT2D eigenvalue weighted by Gasteiger charge is 2.51. The molecule has 2 N–H and O–H groups in total. The molecule has 0 unspecified atom stereocenters. The number of rotatable bonds is 3. The minimum absolute atomic E-state index is 0.412. The van der Waals surface area contributed by atoms with Crippen LogP contribution in [-0.4, -0.2) is 24.2 Å². The van der Waals surface area contributed by atoms with Gasteiger partial charge in [0.2, 0.25) is 5.91 Å². The fourth-order valence-electron chi connectivity index (χ4n) is 3.19. The number of allylic oxidation sites excluding steroid dienone is 2. The molecule has 1 saturated heterocycles. The number of carbonyl (C=O) groups excluding carboxylic acids is 1. The number of carbonyl (C=O) groups is 1. The molecule has 0 spiro atoms. The van der Waals surface area contributed by atoms with E-state index >= 15 is 0 Å². The van der Waals surface area contributed by atoms with Gasteiger partial charge in [0.15, 0.2) is 0 Å². The Hall–Kier alpha value is -1.59. The lowest BCUT2D eigenvalue weighted by atomic mass is 9.76. The average Bonchev–Trinajstić information content (AvgIpc) is 2.76. The third-order valence-electron chi connectivity index (χ3n) is 5.43. The van der Waals surface area contributed by atoms with E-state index in [4.69, 9.17) is 15.0 Å². The second-order valence-electron chi connectivity index (χ2n) is 7.77. The topological polar surface area (TPSA) is 61.5 Å². The van der Waals surface area contributed by atoms with Crippen molar-refractivity contribution in [3.63, 3.8) is 0 Å². The molecule has 0 radical (unpaired) electrons. The van der Waals surface area contributed by atoms with Gasteiger partial charge in [-0.25, -0.2) is 0 Å². The molecule has 5 heteroatoms. The molecular formula is C19H26BNO3. The minimum Gasteiger partial charge on any atom is -0.399 e.